The highest BCUT2D eigenvalue weighted by atomic mass is 35.5. The smallest absolute Gasteiger partial charge is 0.262 e. The van der Waals surface area contributed by atoms with Gasteiger partial charge in [0.15, 0.2) is 5.16 Å². The second kappa shape index (κ2) is 8.88. The van der Waals surface area contributed by atoms with Crippen LogP contribution in [0.2, 0.25) is 5.02 Å². The van der Waals surface area contributed by atoms with E-state index in [2.05, 4.69) is 10.3 Å². The molecule has 2 aromatic carbocycles. The van der Waals surface area contributed by atoms with Crippen molar-refractivity contribution < 1.29 is 9.53 Å². The molecule has 0 aliphatic rings. The van der Waals surface area contributed by atoms with Crippen LogP contribution in [0.3, 0.4) is 0 Å². The van der Waals surface area contributed by atoms with E-state index in [1.165, 1.54) is 18.9 Å². The number of para-hydroxylation sites is 1. The SMILES string of the molecule is CCn1c(SC(C)C(=O)Nc2cc(C)c(Cl)cc2OC)nc2ccccc2c1=O. The summed E-state index contributed by atoms with van der Waals surface area (Å²) < 4.78 is 6.90. The van der Waals surface area contributed by atoms with Crippen molar-refractivity contribution in [2.75, 3.05) is 12.4 Å². The number of carbonyl (C=O) groups is 1. The first-order valence-corrected chi connectivity index (χ1v) is 10.4. The minimum atomic E-state index is -0.485. The fraction of sp³-hybridized carbons (Fsp3) is 0.286. The number of amides is 1. The Kier molecular flexibility index (Phi) is 6.49. The van der Waals surface area contributed by atoms with Gasteiger partial charge >= 0.3 is 0 Å². The van der Waals surface area contributed by atoms with E-state index < -0.39 is 5.25 Å². The second-order valence-electron chi connectivity index (χ2n) is 6.51. The molecule has 1 aromatic heterocycles. The molecule has 0 fully saturated rings. The summed E-state index contributed by atoms with van der Waals surface area (Å²) in [5.41, 5.74) is 1.89. The normalized spacial score (nSPS) is 12.0. The summed E-state index contributed by atoms with van der Waals surface area (Å²) in [7, 11) is 1.52. The lowest BCUT2D eigenvalue weighted by Crippen LogP contribution is -2.26. The molecule has 1 heterocycles. The van der Waals surface area contributed by atoms with Crippen LogP contribution in [0.15, 0.2) is 46.3 Å². The van der Waals surface area contributed by atoms with Gasteiger partial charge in [-0.05, 0) is 44.5 Å². The van der Waals surface area contributed by atoms with Gasteiger partial charge in [0, 0.05) is 17.6 Å². The van der Waals surface area contributed by atoms with E-state index in [9.17, 15) is 9.59 Å². The van der Waals surface area contributed by atoms with E-state index in [1.54, 1.807) is 35.8 Å². The largest absolute Gasteiger partial charge is 0.495 e. The fourth-order valence-corrected chi connectivity index (χ4v) is 4.02. The number of aryl methyl sites for hydroxylation is 1. The summed E-state index contributed by atoms with van der Waals surface area (Å²) in [5.74, 6) is 0.264. The number of nitrogens with zero attached hydrogens (tertiary/aromatic N) is 2. The first kappa shape index (κ1) is 21.2. The lowest BCUT2D eigenvalue weighted by Gasteiger charge is -2.17. The number of thioether (sulfide) groups is 1. The quantitative estimate of drug-likeness (QED) is 0.459. The minimum absolute atomic E-state index is 0.108. The molecule has 3 rings (SSSR count). The number of aromatic nitrogens is 2. The summed E-state index contributed by atoms with van der Waals surface area (Å²) in [6, 6.07) is 10.7. The molecular weight excluding hydrogens is 410 g/mol. The standard InChI is InChI=1S/C21H22ClN3O3S/c1-5-25-20(27)14-8-6-7-9-16(14)24-21(25)29-13(3)19(26)23-17-10-12(2)15(22)11-18(17)28-4/h6-11,13H,5H2,1-4H3,(H,23,26). The molecule has 6 nitrogen and oxygen atoms in total. The van der Waals surface area contributed by atoms with Gasteiger partial charge in [-0.25, -0.2) is 4.98 Å². The number of carbonyl (C=O) groups excluding carboxylic acids is 1. The number of rotatable bonds is 6. The number of hydrogen-bond acceptors (Lipinski definition) is 5. The first-order chi connectivity index (χ1) is 13.8. The van der Waals surface area contributed by atoms with Crippen molar-refractivity contribution in [2.45, 2.75) is 37.7 Å². The van der Waals surface area contributed by atoms with Crippen LogP contribution in [0, 0.1) is 6.92 Å². The van der Waals surface area contributed by atoms with Crippen LogP contribution in [-0.4, -0.2) is 27.8 Å². The van der Waals surface area contributed by atoms with Crippen LogP contribution < -0.4 is 15.6 Å². The van der Waals surface area contributed by atoms with Crippen molar-refractivity contribution >= 4 is 45.9 Å². The van der Waals surface area contributed by atoms with E-state index >= 15 is 0 Å². The number of fused-ring (bicyclic) bond motifs is 1. The van der Waals surface area contributed by atoms with Gasteiger partial charge in [0.05, 0.1) is 29.0 Å². The van der Waals surface area contributed by atoms with E-state index in [-0.39, 0.29) is 11.5 Å². The molecule has 1 atom stereocenters. The van der Waals surface area contributed by atoms with Crippen LogP contribution in [0.5, 0.6) is 5.75 Å². The van der Waals surface area contributed by atoms with Crippen molar-refractivity contribution in [2.24, 2.45) is 0 Å². The molecule has 0 spiro atoms. The Balaban J connectivity index is 1.87. The zero-order valence-electron chi connectivity index (χ0n) is 16.7. The van der Waals surface area contributed by atoms with Crippen LogP contribution in [0.1, 0.15) is 19.4 Å². The highest BCUT2D eigenvalue weighted by Crippen LogP contribution is 2.32. The van der Waals surface area contributed by atoms with Crippen LogP contribution in [0.25, 0.3) is 10.9 Å². The van der Waals surface area contributed by atoms with Crippen molar-refractivity contribution in [1.29, 1.82) is 0 Å². The van der Waals surface area contributed by atoms with Gasteiger partial charge in [0.1, 0.15) is 5.75 Å². The monoisotopic (exact) mass is 431 g/mol. The molecule has 0 aliphatic carbocycles. The summed E-state index contributed by atoms with van der Waals surface area (Å²) >= 11 is 7.37. The topological polar surface area (TPSA) is 73.2 Å². The van der Waals surface area contributed by atoms with E-state index in [4.69, 9.17) is 16.3 Å². The Hall–Kier alpha value is -2.51. The summed E-state index contributed by atoms with van der Waals surface area (Å²) in [4.78, 5) is 30.1. The molecule has 0 bridgehead atoms. The maximum Gasteiger partial charge on any atom is 0.262 e. The van der Waals surface area contributed by atoms with Crippen molar-refractivity contribution in [3.8, 4) is 5.75 Å². The maximum atomic E-state index is 12.8. The lowest BCUT2D eigenvalue weighted by atomic mass is 10.2. The highest BCUT2D eigenvalue weighted by molar-refractivity contribution is 8.00. The van der Waals surface area contributed by atoms with Gasteiger partial charge in [-0.1, -0.05) is 35.5 Å². The molecule has 1 amide bonds. The fourth-order valence-electron chi connectivity index (χ4n) is 2.89. The first-order valence-electron chi connectivity index (χ1n) is 9.17. The third kappa shape index (κ3) is 4.41. The van der Waals surface area contributed by atoms with Gasteiger partial charge in [-0.15, -0.1) is 0 Å². The predicted octanol–water partition coefficient (Wildman–Crippen LogP) is 4.51. The van der Waals surface area contributed by atoms with Crippen molar-refractivity contribution in [3.63, 3.8) is 0 Å². The highest BCUT2D eigenvalue weighted by Gasteiger charge is 2.20. The minimum Gasteiger partial charge on any atom is -0.495 e. The van der Waals surface area contributed by atoms with E-state index in [0.29, 0.717) is 39.1 Å². The number of ether oxygens (including phenoxy) is 1. The third-order valence-electron chi connectivity index (χ3n) is 4.53. The average molecular weight is 432 g/mol. The van der Waals surface area contributed by atoms with Crippen molar-refractivity contribution in [3.05, 3.63) is 57.3 Å². The van der Waals surface area contributed by atoms with Crippen LogP contribution in [0.4, 0.5) is 5.69 Å². The van der Waals surface area contributed by atoms with Crippen LogP contribution in [-0.2, 0) is 11.3 Å². The average Bonchev–Trinajstić information content (AvgIpc) is 2.70. The molecule has 29 heavy (non-hydrogen) atoms. The van der Waals surface area contributed by atoms with Gasteiger partial charge in [0.25, 0.3) is 5.56 Å². The van der Waals surface area contributed by atoms with Crippen molar-refractivity contribution in [1.82, 2.24) is 9.55 Å². The molecule has 0 saturated heterocycles. The molecule has 1 unspecified atom stereocenters. The lowest BCUT2D eigenvalue weighted by molar-refractivity contribution is -0.115. The number of benzene rings is 2. The van der Waals surface area contributed by atoms with E-state index in [1.807, 2.05) is 26.0 Å². The summed E-state index contributed by atoms with van der Waals surface area (Å²) in [5, 5.41) is 4.04. The van der Waals surface area contributed by atoms with E-state index in [0.717, 1.165) is 5.56 Å². The Morgan fingerprint density at radius 3 is 2.76 bits per heavy atom. The maximum absolute atomic E-state index is 12.8. The molecule has 1 N–H and O–H groups in total. The zero-order valence-corrected chi connectivity index (χ0v) is 18.2. The predicted molar refractivity (Wildman–Crippen MR) is 118 cm³/mol. The Bertz CT molecular complexity index is 1130. The molecule has 3 aromatic rings. The molecule has 0 aliphatic heterocycles. The Labute approximate surface area is 178 Å². The molecule has 0 radical (unpaired) electrons. The number of methoxy groups -OCH3 is 1. The number of nitrogens with one attached hydrogen (secondary N) is 1. The third-order valence-corrected chi connectivity index (χ3v) is 6.03. The molecular formula is C21H22ClN3O3S. The molecule has 8 heteroatoms. The summed E-state index contributed by atoms with van der Waals surface area (Å²) in [6.45, 7) is 5.98. The molecule has 0 saturated carbocycles. The Morgan fingerprint density at radius 2 is 2.07 bits per heavy atom. The second-order valence-corrected chi connectivity index (χ2v) is 8.23. The zero-order chi connectivity index (χ0) is 21.1. The van der Waals surface area contributed by atoms with Gasteiger partial charge < -0.3 is 10.1 Å². The number of anilines is 1. The van der Waals surface area contributed by atoms with Gasteiger partial charge in [-0.3, -0.25) is 14.2 Å². The van der Waals surface area contributed by atoms with Crippen LogP contribution >= 0.6 is 23.4 Å². The number of hydrogen-bond donors (Lipinski definition) is 1. The van der Waals surface area contributed by atoms with Gasteiger partial charge in [0.2, 0.25) is 5.91 Å². The Morgan fingerprint density at radius 1 is 1.34 bits per heavy atom. The van der Waals surface area contributed by atoms with Gasteiger partial charge in [-0.2, -0.15) is 0 Å². The summed E-state index contributed by atoms with van der Waals surface area (Å²) in [6.07, 6.45) is 0. The molecule has 152 valence electrons. The number of halogens is 1.